The summed E-state index contributed by atoms with van der Waals surface area (Å²) in [7, 11) is 0. The van der Waals surface area contributed by atoms with E-state index in [4.69, 9.17) is 23.2 Å². The van der Waals surface area contributed by atoms with Crippen LogP contribution in [0.3, 0.4) is 0 Å². The zero-order valence-electron chi connectivity index (χ0n) is 13.3. The van der Waals surface area contributed by atoms with Gasteiger partial charge in [0, 0.05) is 18.8 Å². The van der Waals surface area contributed by atoms with Gasteiger partial charge in [-0.15, -0.1) is 0 Å². The lowest BCUT2D eigenvalue weighted by Gasteiger charge is -2.10. The van der Waals surface area contributed by atoms with Crippen LogP contribution in [0.2, 0.25) is 10.0 Å². The van der Waals surface area contributed by atoms with Crippen LogP contribution in [0.1, 0.15) is 19.4 Å². The summed E-state index contributed by atoms with van der Waals surface area (Å²) in [5, 5.41) is 6.01. The van der Waals surface area contributed by atoms with E-state index < -0.39 is 0 Å². The van der Waals surface area contributed by atoms with Crippen LogP contribution in [0.25, 0.3) is 11.0 Å². The molecule has 0 aliphatic rings. The van der Waals surface area contributed by atoms with Crippen molar-refractivity contribution in [1.29, 1.82) is 0 Å². The molecule has 1 aromatic carbocycles. The molecule has 0 N–H and O–H groups in total. The average molecular weight is 383 g/mol. The van der Waals surface area contributed by atoms with Crippen LogP contribution in [0.4, 0.5) is 0 Å². The highest BCUT2D eigenvalue weighted by molar-refractivity contribution is 7.98. The minimum Gasteiger partial charge on any atom is -0.286 e. The normalized spacial score (nSPS) is 11.3. The number of rotatable bonds is 5. The second-order valence-electron chi connectivity index (χ2n) is 5.16. The monoisotopic (exact) mass is 382 g/mol. The molecule has 24 heavy (non-hydrogen) atoms. The van der Waals surface area contributed by atoms with Crippen molar-refractivity contribution in [2.24, 2.45) is 0 Å². The molecule has 0 fully saturated rings. The maximum absolute atomic E-state index is 12.6. The Labute approximate surface area is 153 Å². The zero-order chi connectivity index (χ0) is 17.3. The molecule has 2 heterocycles. The van der Waals surface area contributed by atoms with Gasteiger partial charge in [0.25, 0.3) is 5.56 Å². The predicted octanol–water partition coefficient (Wildman–Crippen LogP) is 4.23. The number of aryl methyl sites for hydroxylation is 1. The van der Waals surface area contributed by atoms with E-state index in [0.717, 1.165) is 5.56 Å². The molecule has 0 aliphatic heterocycles. The van der Waals surface area contributed by atoms with E-state index in [2.05, 4.69) is 10.1 Å². The first-order valence-corrected chi connectivity index (χ1v) is 9.33. The number of nitrogens with zero attached hydrogens (tertiary/aromatic N) is 4. The Kier molecular flexibility index (Phi) is 5.18. The molecule has 3 aromatic rings. The van der Waals surface area contributed by atoms with Crippen LogP contribution < -0.4 is 5.56 Å². The Balaban J connectivity index is 1.99. The molecule has 0 amide bonds. The Morgan fingerprint density at radius 2 is 2.00 bits per heavy atom. The summed E-state index contributed by atoms with van der Waals surface area (Å²) in [6.07, 6.45) is 1.80. The van der Waals surface area contributed by atoms with Gasteiger partial charge in [0.1, 0.15) is 5.52 Å². The van der Waals surface area contributed by atoms with Crippen LogP contribution in [0.5, 0.6) is 0 Å². The molecule has 5 nitrogen and oxygen atoms in total. The van der Waals surface area contributed by atoms with E-state index in [-0.39, 0.29) is 5.56 Å². The maximum Gasteiger partial charge on any atom is 0.282 e. The Morgan fingerprint density at radius 3 is 2.71 bits per heavy atom. The number of fused-ring (bicyclic) bond motifs is 1. The minimum atomic E-state index is -0.116. The van der Waals surface area contributed by atoms with Crippen molar-refractivity contribution in [3.8, 4) is 0 Å². The van der Waals surface area contributed by atoms with Gasteiger partial charge in [0.15, 0.2) is 10.7 Å². The van der Waals surface area contributed by atoms with E-state index >= 15 is 0 Å². The lowest BCUT2D eigenvalue weighted by atomic mass is 10.2. The highest BCUT2D eigenvalue weighted by atomic mass is 35.5. The van der Waals surface area contributed by atoms with Gasteiger partial charge < -0.3 is 0 Å². The molecule has 0 saturated heterocycles. The van der Waals surface area contributed by atoms with Gasteiger partial charge in [-0.05, 0) is 25.5 Å². The summed E-state index contributed by atoms with van der Waals surface area (Å²) >= 11 is 13.8. The summed E-state index contributed by atoms with van der Waals surface area (Å²) in [5.41, 5.74) is 1.82. The lowest BCUT2D eigenvalue weighted by molar-refractivity contribution is 0.630. The second-order valence-corrected chi connectivity index (χ2v) is 6.89. The van der Waals surface area contributed by atoms with Crippen LogP contribution in [0.15, 0.2) is 34.3 Å². The molecule has 3 rings (SSSR count). The third-order valence-corrected chi connectivity index (χ3v) is 5.55. The van der Waals surface area contributed by atoms with Crippen LogP contribution >= 0.6 is 35.0 Å². The van der Waals surface area contributed by atoms with Crippen molar-refractivity contribution in [3.05, 3.63) is 50.4 Å². The quantitative estimate of drug-likeness (QED) is 0.489. The highest BCUT2D eigenvalue weighted by Crippen LogP contribution is 2.30. The van der Waals surface area contributed by atoms with Gasteiger partial charge in [-0.3, -0.25) is 14.0 Å². The van der Waals surface area contributed by atoms with E-state index in [9.17, 15) is 4.79 Å². The van der Waals surface area contributed by atoms with Crippen molar-refractivity contribution in [1.82, 2.24) is 19.3 Å². The molecule has 0 bridgehead atoms. The number of halogens is 2. The lowest BCUT2D eigenvalue weighted by Crippen LogP contribution is -2.22. The molecule has 0 unspecified atom stereocenters. The zero-order valence-corrected chi connectivity index (χ0v) is 15.6. The van der Waals surface area contributed by atoms with Crippen molar-refractivity contribution in [2.75, 3.05) is 0 Å². The molecule has 2 aromatic heterocycles. The number of thioether (sulfide) groups is 1. The van der Waals surface area contributed by atoms with Crippen LogP contribution in [0, 0.1) is 0 Å². The standard InChI is InChI=1S/C16H16Cl2N4OS/c1-3-21-8-12-14(20-21)15(23)22(4-2)16(19-12)24-9-10-6-5-7-11(17)13(10)18/h5-8H,3-4,9H2,1-2H3. The Hall–Kier alpha value is -1.50. The summed E-state index contributed by atoms with van der Waals surface area (Å²) in [4.78, 5) is 17.2. The molecule has 0 radical (unpaired) electrons. The molecular weight excluding hydrogens is 367 g/mol. The van der Waals surface area contributed by atoms with Crippen molar-refractivity contribution < 1.29 is 0 Å². The fraction of sp³-hybridized carbons (Fsp3) is 0.312. The molecule has 8 heteroatoms. The fourth-order valence-electron chi connectivity index (χ4n) is 2.38. The van der Waals surface area contributed by atoms with Crippen LogP contribution in [-0.4, -0.2) is 19.3 Å². The first kappa shape index (κ1) is 17.3. The van der Waals surface area contributed by atoms with Gasteiger partial charge in [-0.1, -0.05) is 47.1 Å². The number of benzene rings is 1. The molecular formula is C16H16Cl2N4OS. The highest BCUT2D eigenvalue weighted by Gasteiger charge is 2.14. The van der Waals surface area contributed by atoms with Gasteiger partial charge in [-0.25, -0.2) is 4.98 Å². The van der Waals surface area contributed by atoms with E-state index in [1.54, 1.807) is 21.5 Å². The summed E-state index contributed by atoms with van der Waals surface area (Å²) < 4.78 is 3.36. The number of aromatic nitrogens is 4. The summed E-state index contributed by atoms with van der Waals surface area (Å²) in [6.45, 7) is 5.12. The van der Waals surface area contributed by atoms with Gasteiger partial charge in [0.2, 0.25) is 0 Å². The summed E-state index contributed by atoms with van der Waals surface area (Å²) in [5.74, 6) is 0.583. The smallest absolute Gasteiger partial charge is 0.282 e. The van der Waals surface area contributed by atoms with Gasteiger partial charge in [0.05, 0.1) is 16.2 Å². The Morgan fingerprint density at radius 1 is 1.21 bits per heavy atom. The largest absolute Gasteiger partial charge is 0.286 e. The van der Waals surface area contributed by atoms with Crippen molar-refractivity contribution in [2.45, 2.75) is 37.8 Å². The summed E-state index contributed by atoms with van der Waals surface area (Å²) in [6, 6.07) is 5.53. The number of hydrogen-bond acceptors (Lipinski definition) is 4. The van der Waals surface area contributed by atoms with Crippen molar-refractivity contribution in [3.63, 3.8) is 0 Å². The van der Waals surface area contributed by atoms with Crippen molar-refractivity contribution >= 4 is 46.0 Å². The Bertz CT molecular complexity index is 951. The third-order valence-electron chi connectivity index (χ3n) is 3.67. The minimum absolute atomic E-state index is 0.116. The average Bonchev–Trinajstić information content (AvgIpc) is 3.00. The van der Waals surface area contributed by atoms with Crippen LogP contribution in [-0.2, 0) is 18.8 Å². The molecule has 0 atom stereocenters. The van der Waals surface area contributed by atoms with E-state index in [1.807, 2.05) is 26.0 Å². The van der Waals surface area contributed by atoms with Gasteiger partial charge in [-0.2, -0.15) is 5.10 Å². The molecule has 0 aliphatic carbocycles. The molecule has 0 spiro atoms. The third kappa shape index (κ3) is 3.18. The second kappa shape index (κ2) is 7.17. The maximum atomic E-state index is 12.6. The van der Waals surface area contributed by atoms with E-state index in [0.29, 0.717) is 45.1 Å². The topological polar surface area (TPSA) is 52.7 Å². The first-order valence-electron chi connectivity index (χ1n) is 7.58. The number of hydrogen-bond donors (Lipinski definition) is 0. The van der Waals surface area contributed by atoms with Gasteiger partial charge >= 0.3 is 0 Å². The molecule has 126 valence electrons. The fourth-order valence-corrected chi connectivity index (χ4v) is 3.90. The first-order chi connectivity index (χ1) is 11.5. The molecule has 0 saturated carbocycles. The SMILES string of the molecule is CCn1cc2nc(SCc3cccc(Cl)c3Cl)n(CC)c(=O)c2n1. The van der Waals surface area contributed by atoms with E-state index in [1.165, 1.54) is 11.8 Å². The predicted molar refractivity (Wildman–Crippen MR) is 99.2 cm³/mol.